The second-order valence-corrected chi connectivity index (χ2v) is 10.0. The first kappa shape index (κ1) is 27.6. The van der Waals surface area contributed by atoms with E-state index >= 15 is 0 Å². The number of non-ortho nitro benzene ring substituents is 1. The zero-order valence-electron chi connectivity index (χ0n) is 22.0. The number of halogens is 2. The average molecular weight is 611 g/mol. The summed E-state index contributed by atoms with van der Waals surface area (Å²) in [4.78, 5) is 24.0. The highest BCUT2D eigenvalue weighted by Crippen LogP contribution is 2.29. The molecular weight excluding hydrogens is 591 g/mol. The molecule has 0 saturated carbocycles. The maximum absolute atomic E-state index is 10.9. The molecule has 0 saturated heterocycles. The molecule has 212 valence electrons. The van der Waals surface area contributed by atoms with E-state index in [0.29, 0.717) is 44.9 Å². The number of hydrogen-bond donors (Lipinski definition) is 3. The molecule has 0 bridgehead atoms. The Kier molecular flexibility index (Phi) is 7.81. The molecule has 0 amide bonds. The Bertz CT molecular complexity index is 1810. The van der Waals surface area contributed by atoms with Crippen LogP contribution in [0, 0.1) is 10.1 Å². The Balaban J connectivity index is 1.21. The van der Waals surface area contributed by atoms with Gasteiger partial charge in [0.2, 0.25) is 17.8 Å². The third-order valence-corrected chi connectivity index (χ3v) is 6.65. The summed E-state index contributed by atoms with van der Waals surface area (Å²) in [5.74, 6) is 1.43. The molecule has 0 aliphatic carbocycles. The molecule has 3 N–H and O–H groups in total. The molecule has 0 spiro atoms. The minimum absolute atomic E-state index is 0.00511. The quantitative estimate of drug-likeness (QED) is 0.107. The van der Waals surface area contributed by atoms with E-state index < -0.39 is 4.92 Å². The maximum atomic E-state index is 10.9. The van der Waals surface area contributed by atoms with Crippen LogP contribution >= 0.6 is 23.2 Å². The Morgan fingerprint density at radius 3 is 1.47 bits per heavy atom. The molecule has 0 radical (unpaired) electrons. The molecule has 6 aromatic rings. The fourth-order valence-electron chi connectivity index (χ4n) is 4.02. The van der Waals surface area contributed by atoms with Crippen molar-refractivity contribution in [3.8, 4) is 22.6 Å². The number of nitrogens with one attached hydrogen (secondary N) is 3. The summed E-state index contributed by atoms with van der Waals surface area (Å²) in [5, 5.41) is 25.9. The fourth-order valence-corrected chi connectivity index (χ4v) is 4.27. The van der Waals surface area contributed by atoms with Gasteiger partial charge in [0.25, 0.3) is 5.69 Å². The molecule has 43 heavy (non-hydrogen) atoms. The molecule has 0 aliphatic heterocycles. The van der Waals surface area contributed by atoms with Crippen LogP contribution in [0.5, 0.6) is 0 Å². The normalized spacial score (nSPS) is 10.7. The molecule has 0 atom stereocenters. The SMILES string of the molecule is O=[N+]([O-])c1ccc(-c2cc(-c3ccc(Nc4nc(Nc5ccc(Cl)cc5)nc(Nc5ccc(Cl)cc5)n4)cc3)no2)cc1. The molecule has 13 heteroatoms. The first-order chi connectivity index (χ1) is 20.9. The van der Waals surface area contributed by atoms with Crippen molar-refractivity contribution in [1.82, 2.24) is 20.1 Å². The van der Waals surface area contributed by atoms with Crippen molar-refractivity contribution in [2.75, 3.05) is 16.0 Å². The van der Waals surface area contributed by atoms with Gasteiger partial charge in [0.15, 0.2) is 5.76 Å². The number of nitro benzene ring substituents is 1. The highest BCUT2D eigenvalue weighted by Gasteiger charge is 2.12. The van der Waals surface area contributed by atoms with Crippen LogP contribution in [0.2, 0.25) is 10.0 Å². The molecule has 0 aliphatic rings. The van der Waals surface area contributed by atoms with Crippen LogP contribution in [0.4, 0.5) is 40.6 Å². The van der Waals surface area contributed by atoms with Crippen LogP contribution in [-0.2, 0) is 0 Å². The minimum Gasteiger partial charge on any atom is -0.356 e. The van der Waals surface area contributed by atoms with Gasteiger partial charge < -0.3 is 20.5 Å². The number of anilines is 6. The van der Waals surface area contributed by atoms with Crippen molar-refractivity contribution in [1.29, 1.82) is 0 Å². The Morgan fingerprint density at radius 2 is 1.02 bits per heavy atom. The molecule has 11 nitrogen and oxygen atoms in total. The average Bonchev–Trinajstić information content (AvgIpc) is 3.50. The standard InChI is InChI=1S/C30H20Cl2N8O3/c31-20-5-11-23(12-6-20)34-29-36-28(37-30(38-29)35-24-13-7-21(32)8-14-24)33-22-9-1-18(2-10-22)26-17-27(43-39-26)19-3-15-25(16-4-19)40(41)42/h1-17H,(H3,33,34,35,36,37,38). The minimum atomic E-state index is -0.448. The van der Waals surface area contributed by atoms with Gasteiger partial charge in [-0.15, -0.1) is 0 Å². The monoisotopic (exact) mass is 610 g/mol. The largest absolute Gasteiger partial charge is 0.356 e. The second-order valence-electron chi connectivity index (χ2n) is 9.15. The van der Waals surface area contributed by atoms with Gasteiger partial charge in [-0.3, -0.25) is 10.1 Å². The van der Waals surface area contributed by atoms with E-state index in [-0.39, 0.29) is 5.69 Å². The zero-order chi connectivity index (χ0) is 29.8. The first-order valence-electron chi connectivity index (χ1n) is 12.8. The number of nitro groups is 1. The molecule has 6 rings (SSSR count). The van der Waals surface area contributed by atoms with Gasteiger partial charge in [-0.05, 0) is 72.8 Å². The second kappa shape index (κ2) is 12.1. The number of hydrogen-bond acceptors (Lipinski definition) is 10. The predicted octanol–water partition coefficient (Wildman–Crippen LogP) is 8.64. The van der Waals surface area contributed by atoms with E-state index in [0.717, 1.165) is 22.6 Å². The summed E-state index contributed by atoms with van der Waals surface area (Å²) in [7, 11) is 0. The van der Waals surface area contributed by atoms with E-state index in [1.165, 1.54) is 12.1 Å². The Labute approximate surface area is 254 Å². The smallest absolute Gasteiger partial charge is 0.269 e. The van der Waals surface area contributed by atoms with Crippen LogP contribution in [0.15, 0.2) is 108 Å². The molecule has 2 heterocycles. The summed E-state index contributed by atoms with van der Waals surface area (Å²) in [5.41, 5.74) is 4.35. The lowest BCUT2D eigenvalue weighted by Crippen LogP contribution is -2.07. The summed E-state index contributed by atoms with van der Waals surface area (Å²) in [6.07, 6.45) is 0. The van der Waals surface area contributed by atoms with Gasteiger partial charge in [-0.2, -0.15) is 15.0 Å². The molecule has 0 unspecified atom stereocenters. The fraction of sp³-hybridized carbons (Fsp3) is 0. The van der Waals surface area contributed by atoms with Gasteiger partial charge in [0.1, 0.15) is 5.69 Å². The van der Waals surface area contributed by atoms with E-state index in [4.69, 9.17) is 27.7 Å². The first-order valence-corrected chi connectivity index (χ1v) is 13.5. The molecular formula is C30H20Cl2N8O3. The number of benzene rings is 4. The lowest BCUT2D eigenvalue weighted by Gasteiger charge is -2.12. The van der Waals surface area contributed by atoms with Crippen LogP contribution in [0.3, 0.4) is 0 Å². The summed E-state index contributed by atoms with van der Waals surface area (Å²) < 4.78 is 5.48. The summed E-state index contributed by atoms with van der Waals surface area (Å²) in [6.45, 7) is 0. The van der Waals surface area contributed by atoms with Crippen molar-refractivity contribution in [2.24, 2.45) is 0 Å². The summed E-state index contributed by atoms with van der Waals surface area (Å²) >= 11 is 12.0. The van der Waals surface area contributed by atoms with E-state index in [1.807, 2.05) is 48.5 Å². The zero-order valence-corrected chi connectivity index (χ0v) is 23.5. The predicted molar refractivity (Wildman–Crippen MR) is 167 cm³/mol. The third-order valence-electron chi connectivity index (χ3n) is 6.15. The van der Waals surface area contributed by atoms with Crippen LogP contribution in [0.25, 0.3) is 22.6 Å². The Hall–Kier alpha value is -5.52. The van der Waals surface area contributed by atoms with Crippen LogP contribution in [0.1, 0.15) is 0 Å². The van der Waals surface area contributed by atoms with Crippen molar-refractivity contribution >= 4 is 63.8 Å². The highest BCUT2D eigenvalue weighted by atomic mass is 35.5. The lowest BCUT2D eigenvalue weighted by molar-refractivity contribution is -0.384. The number of rotatable bonds is 9. The van der Waals surface area contributed by atoms with Crippen molar-refractivity contribution in [3.05, 3.63) is 123 Å². The highest BCUT2D eigenvalue weighted by molar-refractivity contribution is 6.30. The van der Waals surface area contributed by atoms with Gasteiger partial charge in [0, 0.05) is 56.4 Å². The van der Waals surface area contributed by atoms with Gasteiger partial charge >= 0.3 is 0 Å². The molecule has 0 fully saturated rings. The summed E-state index contributed by atoms with van der Waals surface area (Å²) in [6, 6.07) is 29.7. The van der Waals surface area contributed by atoms with Crippen molar-refractivity contribution < 1.29 is 9.45 Å². The van der Waals surface area contributed by atoms with E-state index in [9.17, 15) is 10.1 Å². The van der Waals surface area contributed by atoms with Crippen molar-refractivity contribution in [2.45, 2.75) is 0 Å². The topological polar surface area (TPSA) is 144 Å². The van der Waals surface area contributed by atoms with Crippen LogP contribution in [-0.4, -0.2) is 25.0 Å². The maximum Gasteiger partial charge on any atom is 0.269 e. The van der Waals surface area contributed by atoms with Crippen LogP contribution < -0.4 is 16.0 Å². The van der Waals surface area contributed by atoms with E-state index in [2.05, 4.69) is 36.1 Å². The number of nitrogens with zero attached hydrogens (tertiary/aromatic N) is 5. The lowest BCUT2D eigenvalue weighted by atomic mass is 10.1. The molecule has 4 aromatic carbocycles. The van der Waals surface area contributed by atoms with Gasteiger partial charge in [-0.25, -0.2) is 0 Å². The molecule has 2 aromatic heterocycles. The third kappa shape index (κ3) is 6.87. The van der Waals surface area contributed by atoms with Gasteiger partial charge in [-0.1, -0.05) is 40.5 Å². The van der Waals surface area contributed by atoms with Gasteiger partial charge in [0.05, 0.1) is 4.92 Å². The Morgan fingerprint density at radius 1 is 0.605 bits per heavy atom. The number of aromatic nitrogens is 4. The van der Waals surface area contributed by atoms with E-state index in [1.54, 1.807) is 42.5 Å². The van der Waals surface area contributed by atoms with Crippen molar-refractivity contribution in [3.63, 3.8) is 0 Å².